The van der Waals surface area contributed by atoms with Crippen molar-refractivity contribution in [2.75, 3.05) is 18.8 Å². The highest BCUT2D eigenvalue weighted by molar-refractivity contribution is 5.77. The summed E-state index contributed by atoms with van der Waals surface area (Å²) in [7, 11) is 0. The molecule has 5 heteroatoms. The second kappa shape index (κ2) is 5.14. The summed E-state index contributed by atoms with van der Waals surface area (Å²) in [5.74, 6) is 0.841. The first-order chi connectivity index (χ1) is 10.2. The summed E-state index contributed by atoms with van der Waals surface area (Å²) < 4.78 is 1.82. The first-order valence-electron chi connectivity index (χ1n) is 8.01. The van der Waals surface area contributed by atoms with Gasteiger partial charge in [0.1, 0.15) is 0 Å². The number of likely N-dealkylation sites (tertiary alicyclic amines) is 1. The number of amides is 1. The van der Waals surface area contributed by atoms with Gasteiger partial charge < -0.3 is 15.2 Å². The molecule has 5 nitrogen and oxygen atoms in total. The average Bonchev–Trinajstić information content (AvgIpc) is 2.41. The van der Waals surface area contributed by atoms with Gasteiger partial charge in [0.15, 0.2) is 0 Å². The maximum Gasteiger partial charge on any atom is 0.273 e. The minimum absolute atomic E-state index is 0.00688. The minimum Gasteiger partial charge on any atom is -0.394 e. The summed E-state index contributed by atoms with van der Waals surface area (Å²) in [4.78, 5) is 26.7. The molecule has 0 aromatic carbocycles. The molecule has 0 unspecified atom stereocenters. The Balaban J connectivity index is 1.84. The van der Waals surface area contributed by atoms with Gasteiger partial charge in [-0.05, 0) is 29.9 Å². The van der Waals surface area contributed by atoms with E-state index in [0.717, 1.165) is 25.2 Å². The van der Waals surface area contributed by atoms with E-state index in [-0.39, 0.29) is 22.8 Å². The van der Waals surface area contributed by atoms with Crippen molar-refractivity contribution >= 4 is 11.6 Å². The van der Waals surface area contributed by atoms with Crippen molar-refractivity contribution in [3.8, 4) is 0 Å². The summed E-state index contributed by atoms with van der Waals surface area (Å²) in [5, 5.41) is 0. The Morgan fingerprint density at radius 2 is 2.00 bits per heavy atom. The van der Waals surface area contributed by atoms with E-state index in [4.69, 9.17) is 5.73 Å². The molecule has 22 heavy (non-hydrogen) atoms. The zero-order valence-electron chi connectivity index (χ0n) is 13.6. The van der Waals surface area contributed by atoms with Gasteiger partial charge in [0, 0.05) is 37.7 Å². The zero-order chi connectivity index (χ0) is 16.1. The molecule has 0 radical (unpaired) electrons. The second-order valence-corrected chi connectivity index (χ2v) is 7.96. The molecule has 3 rings (SSSR count). The lowest BCUT2D eigenvalue weighted by atomic mass is 9.82. The number of nitrogen functional groups attached to an aromatic ring is 1. The molecule has 2 atom stereocenters. The molecule has 3 heterocycles. The highest BCUT2D eigenvalue weighted by Crippen LogP contribution is 2.36. The monoisotopic (exact) mass is 303 g/mol. The first kappa shape index (κ1) is 15.1. The van der Waals surface area contributed by atoms with Crippen LogP contribution in [0.3, 0.4) is 0 Å². The number of carbonyl (C=O) groups excluding carboxylic acids is 1. The Morgan fingerprint density at radius 1 is 1.27 bits per heavy atom. The number of nitrogens with two attached hydrogens (primary N) is 1. The molecule has 0 spiro atoms. The van der Waals surface area contributed by atoms with E-state index in [1.165, 1.54) is 0 Å². The number of carbonyl (C=O) groups is 1. The number of rotatable bonds is 1. The van der Waals surface area contributed by atoms with Crippen LogP contribution in [0.5, 0.6) is 0 Å². The van der Waals surface area contributed by atoms with Crippen LogP contribution in [-0.4, -0.2) is 28.5 Å². The lowest BCUT2D eigenvalue weighted by molar-refractivity contribution is -0.135. The van der Waals surface area contributed by atoms with E-state index in [1.807, 2.05) is 15.5 Å². The molecular weight excluding hydrogens is 278 g/mol. The van der Waals surface area contributed by atoms with Crippen molar-refractivity contribution < 1.29 is 4.79 Å². The Bertz CT molecular complexity index is 657. The van der Waals surface area contributed by atoms with E-state index in [9.17, 15) is 9.59 Å². The molecule has 120 valence electrons. The first-order valence-corrected chi connectivity index (χ1v) is 8.01. The standard InChI is InChI=1S/C17H25N3O2/c1-17(2,3)7-15(21)19-8-11-6-12(10-19)14-5-4-13(18)16(22)20(14)9-11/h4-5,11-12H,6-10,18H2,1-3H3/t11-,12-/m1/s1. The summed E-state index contributed by atoms with van der Waals surface area (Å²) in [5.41, 5.74) is 7.01. The summed E-state index contributed by atoms with van der Waals surface area (Å²) >= 11 is 0. The molecule has 1 saturated heterocycles. The predicted molar refractivity (Wildman–Crippen MR) is 86.6 cm³/mol. The summed E-state index contributed by atoms with van der Waals surface area (Å²) in [6, 6.07) is 3.65. The Labute approximate surface area is 131 Å². The summed E-state index contributed by atoms with van der Waals surface area (Å²) in [6.45, 7) is 8.42. The highest BCUT2D eigenvalue weighted by atomic mass is 16.2. The number of hydrogen-bond acceptors (Lipinski definition) is 3. The second-order valence-electron chi connectivity index (χ2n) is 7.96. The number of fused-ring (bicyclic) bond motifs is 4. The molecule has 1 aromatic heterocycles. The number of aromatic nitrogens is 1. The third-order valence-corrected chi connectivity index (χ3v) is 4.67. The van der Waals surface area contributed by atoms with E-state index in [0.29, 0.717) is 24.6 Å². The van der Waals surface area contributed by atoms with Crippen molar-refractivity contribution in [2.24, 2.45) is 11.3 Å². The predicted octanol–water partition coefficient (Wildman–Crippen LogP) is 1.81. The van der Waals surface area contributed by atoms with Gasteiger partial charge in [0.25, 0.3) is 5.56 Å². The van der Waals surface area contributed by atoms with E-state index in [2.05, 4.69) is 20.8 Å². The van der Waals surface area contributed by atoms with Crippen LogP contribution < -0.4 is 11.3 Å². The maximum absolute atomic E-state index is 12.5. The van der Waals surface area contributed by atoms with Crippen LogP contribution in [0.2, 0.25) is 0 Å². The molecule has 1 aromatic rings. The van der Waals surface area contributed by atoms with E-state index < -0.39 is 0 Å². The lowest BCUT2D eigenvalue weighted by Gasteiger charge is -2.43. The molecular formula is C17H25N3O2. The minimum atomic E-state index is -0.0818. The molecule has 2 bridgehead atoms. The molecule has 0 aliphatic carbocycles. The van der Waals surface area contributed by atoms with Gasteiger partial charge in [-0.2, -0.15) is 0 Å². The quantitative estimate of drug-likeness (QED) is 0.860. The topological polar surface area (TPSA) is 68.3 Å². The van der Waals surface area contributed by atoms with Gasteiger partial charge >= 0.3 is 0 Å². The van der Waals surface area contributed by atoms with Crippen molar-refractivity contribution in [2.45, 2.75) is 46.1 Å². The normalized spacial score (nSPS) is 24.0. The van der Waals surface area contributed by atoms with E-state index in [1.54, 1.807) is 6.07 Å². The average molecular weight is 303 g/mol. The maximum atomic E-state index is 12.5. The van der Waals surface area contributed by atoms with Crippen molar-refractivity contribution in [1.82, 2.24) is 9.47 Å². The Morgan fingerprint density at radius 3 is 2.68 bits per heavy atom. The van der Waals surface area contributed by atoms with Crippen LogP contribution in [0.25, 0.3) is 0 Å². The molecule has 2 N–H and O–H groups in total. The third kappa shape index (κ3) is 2.76. The van der Waals surface area contributed by atoms with Crippen LogP contribution in [-0.2, 0) is 11.3 Å². The van der Waals surface area contributed by atoms with Gasteiger partial charge in [0.2, 0.25) is 5.91 Å². The number of piperidine rings is 1. The summed E-state index contributed by atoms with van der Waals surface area (Å²) in [6.07, 6.45) is 1.63. The lowest BCUT2D eigenvalue weighted by Crippen LogP contribution is -2.49. The van der Waals surface area contributed by atoms with Gasteiger partial charge in [0.05, 0.1) is 5.69 Å². The fraction of sp³-hybridized carbons (Fsp3) is 0.647. The van der Waals surface area contributed by atoms with Gasteiger partial charge in [-0.1, -0.05) is 20.8 Å². The highest BCUT2D eigenvalue weighted by Gasteiger charge is 2.37. The fourth-order valence-electron chi connectivity index (χ4n) is 3.73. The van der Waals surface area contributed by atoms with Gasteiger partial charge in [-0.3, -0.25) is 9.59 Å². The van der Waals surface area contributed by atoms with Crippen molar-refractivity contribution in [3.63, 3.8) is 0 Å². The zero-order valence-corrected chi connectivity index (χ0v) is 13.6. The van der Waals surface area contributed by atoms with Crippen molar-refractivity contribution in [1.29, 1.82) is 0 Å². The molecule has 2 aliphatic rings. The Hall–Kier alpha value is -1.78. The molecule has 0 saturated carbocycles. The van der Waals surface area contributed by atoms with Crippen LogP contribution in [0.1, 0.15) is 45.2 Å². The fourth-order valence-corrected chi connectivity index (χ4v) is 3.73. The van der Waals surface area contributed by atoms with Crippen LogP contribution in [0.15, 0.2) is 16.9 Å². The molecule has 1 fully saturated rings. The number of anilines is 1. The Kier molecular flexibility index (Phi) is 3.54. The van der Waals surface area contributed by atoms with Crippen molar-refractivity contribution in [3.05, 3.63) is 28.2 Å². The van der Waals surface area contributed by atoms with Gasteiger partial charge in [-0.15, -0.1) is 0 Å². The third-order valence-electron chi connectivity index (χ3n) is 4.67. The van der Waals surface area contributed by atoms with Crippen LogP contribution >= 0.6 is 0 Å². The van der Waals surface area contributed by atoms with Crippen LogP contribution in [0.4, 0.5) is 5.69 Å². The molecule has 1 amide bonds. The smallest absolute Gasteiger partial charge is 0.273 e. The number of hydrogen-bond donors (Lipinski definition) is 1. The van der Waals surface area contributed by atoms with E-state index >= 15 is 0 Å². The molecule has 2 aliphatic heterocycles. The number of pyridine rings is 1. The SMILES string of the molecule is CC(C)(C)CC(=O)N1C[C@H]2C[C@H](C1)c1ccc(N)c(=O)n1C2. The van der Waals surface area contributed by atoms with Gasteiger partial charge in [-0.25, -0.2) is 0 Å². The van der Waals surface area contributed by atoms with Crippen LogP contribution in [0, 0.1) is 11.3 Å². The number of nitrogens with zero attached hydrogens (tertiary/aromatic N) is 2. The largest absolute Gasteiger partial charge is 0.394 e.